The van der Waals surface area contributed by atoms with E-state index in [9.17, 15) is 4.79 Å². The number of aromatic nitrogens is 2. The van der Waals surface area contributed by atoms with Gasteiger partial charge < -0.3 is 10.1 Å². The molecule has 0 radical (unpaired) electrons. The fraction of sp³-hybridized carbons (Fsp3) is 0.357. The second-order valence-corrected chi connectivity index (χ2v) is 5.20. The van der Waals surface area contributed by atoms with Gasteiger partial charge in [-0.15, -0.1) is 11.3 Å². The van der Waals surface area contributed by atoms with Crippen molar-refractivity contribution in [2.45, 2.75) is 26.2 Å². The third kappa shape index (κ3) is 4.44. The van der Waals surface area contributed by atoms with E-state index in [4.69, 9.17) is 0 Å². The molecule has 2 aromatic rings. The van der Waals surface area contributed by atoms with Crippen LogP contribution in [0, 0.1) is 0 Å². The molecule has 2 aromatic heterocycles. The van der Waals surface area contributed by atoms with Crippen LogP contribution >= 0.6 is 11.3 Å². The quantitative estimate of drug-likeness (QED) is 0.787. The molecule has 0 saturated carbocycles. The summed E-state index contributed by atoms with van der Waals surface area (Å²) in [5.41, 5.74) is 1.79. The van der Waals surface area contributed by atoms with Crippen molar-refractivity contribution in [1.82, 2.24) is 9.97 Å². The average Bonchev–Trinajstić information content (AvgIpc) is 2.88. The monoisotopic (exact) mass is 275 g/mol. The zero-order valence-corrected chi connectivity index (χ0v) is 11.7. The molecule has 0 aliphatic heterocycles. The first kappa shape index (κ1) is 13.7. The van der Waals surface area contributed by atoms with Gasteiger partial charge in [-0.05, 0) is 31.9 Å². The van der Waals surface area contributed by atoms with Gasteiger partial charge in [-0.1, -0.05) is 6.07 Å². The minimum absolute atomic E-state index is 0.256. The molecule has 0 spiro atoms. The SMILES string of the molecule is CC(=O)CCCCNc1nc(-c2ccccn2)cs1. The lowest BCUT2D eigenvalue weighted by Gasteiger charge is -2.01. The van der Waals surface area contributed by atoms with E-state index < -0.39 is 0 Å². The molecule has 0 saturated heterocycles. The largest absolute Gasteiger partial charge is 0.362 e. The molecule has 0 aliphatic rings. The van der Waals surface area contributed by atoms with Gasteiger partial charge in [-0.25, -0.2) is 4.98 Å². The number of carbonyl (C=O) groups excluding carboxylic acids is 1. The van der Waals surface area contributed by atoms with Gasteiger partial charge in [0.1, 0.15) is 11.5 Å². The van der Waals surface area contributed by atoms with E-state index in [0.717, 1.165) is 35.9 Å². The van der Waals surface area contributed by atoms with Crippen LogP contribution in [-0.2, 0) is 4.79 Å². The number of Topliss-reactive ketones (excluding diaryl/α,β-unsaturated/α-hetero) is 1. The molecule has 0 aliphatic carbocycles. The fourth-order valence-corrected chi connectivity index (χ4v) is 2.41. The number of carbonyl (C=O) groups is 1. The molecular weight excluding hydrogens is 258 g/mol. The standard InChI is InChI=1S/C14H17N3OS/c1-11(18)6-2-4-9-16-14-17-13(10-19-14)12-7-3-5-8-15-12/h3,5,7-8,10H,2,4,6,9H2,1H3,(H,16,17). The Kier molecular flexibility index (Phi) is 5.03. The number of rotatable bonds is 7. The van der Waals surface area contributed by atoms with Crippen molar-refractivity contribution >= 4 is 22.3 Å². The molecule has 19 heavy (non-hydrogen) atoms. The van der Waals surface area contributed by atoms with Crippen LogP contribution in [0.5, 0.6) is 0 Å². The molecule has 0 aromatic carbocycles. The summed E-state index contributed by atoms with van der Waals surface area (Å²) in [4.78, 5) is 19.6. The topological polar surface area (TPSA) is 54.9 Å². The maximum Gasteiger partial charge on any atom is 0.183 e. The fourth-order valence-electron chi connectivity index (χ4n) is 1.68. The number of nitrogens with zero attached hydrogens (tertiary/aromatic N) is 2. The Morgan fingerprint density at radius 3 is 2.95 bits per heavy atom. The van der Waals surface area contributed by atoms with E-state index in [1.165, 1.54) is 0 Å². The predicted molar refractivity (Wildman–Crippen MR) is 78.4 cm³/mol. The molecule has 0 bridgehead atoms. The maximum atomic E-state index is 10.8. The Morgan fingerprint density at radius 1 is 1.32 bits per heavy atom. The maximum absolute atomic E-state index is 10.8. The number of anilines is 1. The van der Waals surface area contributed by atoms with Crippen LogP contribution in [0.2, 0.25) is 0 Å². The van der Waals surface area contributed by atoms with E-state index >= 15 is 0 Å². The Hall–Kier alpha value is -1.75. The summed E-state index contributed by atoms with van der Waals surface area (Å²) in [7, 11) is 0. The van der Waals surface area contributed by atoms with E-state index in [2.05, 4.69) is 15.3 Å². The van der Waals surface area contributed by atoms with Gasteiger partial charge in [0, 0.05) is 24.5 Å². The highest BCUT2D eigenvalue weighted by Crippen LogP contribution is 2.22. The minimum atomic E-state index is 0.256. The number of ketones is 1. The zero-order chi connectivity index (χ0) is 13.5. The first-order valence-electron chi connectivity index (χ1n) is 6.36. The normalized spacial score (nSPS) is 10.4. The van der Waals surface area contributed by atoms with Crippen molar-refractivity contribution in [3.05, 3.63) is 29.8 Å². The zero-order valence-electron chi connectivity index (χ0n) is 10.9. The molecule has 0 amide bonds. The van der Waals surface area contributed by atoms with Gasteiger partial charge in [-0.3, -0.25) is 4.98 Å². The number of unbranched alkanes of at least 4 members (excludes halogenated alkanes) is 1. The molecule has 1 N–H and O–H groups in total. The summed E-state index contributed by atoms with van der Waals surface area (Å²) in [6.07, 6.45) is 4.35. The summed E-state index contributed by atoms with van der Waals surface area (Å²) >= 11 is 1.58. The van der Waals surface area contributed by atoms with Gasteiger partial charge in [0.15, 0.2) is 5.13 Å². The summed E-state index contributed by atoms with van der Waals surface area (Å²) in [5, 5.41) is 6.18. The number of nitrogens with one attached hydrogen (secondary N) is 1. The van der Waals surface area contributed by atoms with Crippen LogP contribution in [0.3, 0.4) is 0 Å². The number of thiazole rings is 1. The molecule has 100 valence electrons. The first-order chi connectivity index (χ1) is 9.25. The van der Waals surface area contributed by atoms with Crippen molar-refractivity contribution in [3.8, 4) is 11.4 Å². The van der Waals surface area contributed by atoms with Crippen molar-refractivity contribution in [2.75, 3.05) is 11.9 Å². The van der Waals surface area contributed by atoms with Crippen LogP contribution in [0.25, 0.3) is 11.4 Å². The Bertz CT molecular complexity index is 524. The van der Waals surface area contributed by atoms with Crippen molar-refractivity contribution in [3.63, 3.8) is 0 Å². The first-order valence-corrected chi connectivity index (χ1v) is 7.24. The molecule has 4 nitrogen and oxygen atoms in total. The molecule has 2 rings (SSSR count). The number of pyridine rings is 1. The second-order valence-electron chi connectivity index (χ2n) is 4.34. The number of hydrogen-bond donors (Lipinski definition) is 1. The van der Waals surface area contributed by atoms with E-state index in [1.807, 2.05) is 23.6 Å². The van der Waals surface area contributed by atoms with Gasteiger partial charge in [0.25, 0.3) is 0 Å². The van der Waals surface area contributed by atoms with Crippen molar-refractivity contribution in [1.29, 1.82) is 0 Å². The van der Waals surface area contributed by atoms with Crippen molar-refractivity contribution < 1.29 is 4.79 Å². The van der Waals surface area contributed by atoms with Gasteiger partial charge >= 0.3 is 0 Å². The molecule has 2 heterocycles. The summed E-state index contributed by atoms with van der Waals surface area (Å²) < 4.78 is 0. The molecule has 0 unspecified atom stereocenters. The highest BCUT2D eigenvalue weighted by Gasteiger charge is 2.04. The van der Waals surface area contributed by atoms with E-state index in [1.54, 1.807) is 24.5 Å². The highest BCUT2D eigenvalue weighted by atomic mass is 32.1. The van der Waals surface area contributed by atoms with Gasteiger partial charge in [0.2, 0.25) is 0 Å². The lowest BCUT2D eigenvalue weighted by molar-refractivity contribution is -0.117. The molecule has 0 atom stereocenters. The lowest BCUT2D eigenvalue weighted by Crippen LogP contribution is -2.02. The minimum Gasteiger partial charge on any atom is -0.362 e. The summed E-state index contributed by atoms with van der Waals surface area (Å²) in [6, 6.07) is 5.80. The summed E-state index contributed by atoms with van der Waals surface area (Å²) in [6.45, 7) is 2.48. The number of hydrogen-bond acceptors (Lipinski definition) is 5. The van der Waals surface area contributed by atoms with Crippen LogP contribution in [0.1, 0.15) is 26.2 Å². The Balaban J connectivity index is 1.80. The molecular formula is C14H17N3OS. The summed E-state index contributed by atoms with van der Waals surface area (Å²) in [5.74, 6) is 0.256. The predicted octanol–water partition coefficient (Wildman–Crippen LogP) is 3.38. The van der Waals surface area contributed by atoms with Crippen LogP contribution < -0.4 is 5.32 Å². The van der Waals surface area contributed by atoms with E-state index in [-0.39, 0.29) is 5.78 Å². The molecule has 0 fully saturated rings. The lowest BCUT2D eigenvalue weighted by atomic mass is 10.2. The Labute approximate surface area is 116 Å². The van der Waals surface area contributed by atoms with Crippen LogP contribution in [-0.4, -0.2) is 22.3 Å². The van der Waals surface area contributed by atoms with Gasteiger partial charge in [0.05, 0.1) is 5.69 Å². The highest BCUT2D eigenvalue weighted by molar-refractivity contribution is 7.14. The van der Waals surface area contributed by atoms with Crippen LogP contribution in [0.4, 0.5) is 5.13 Å². The molecule has 5 heteroatoms. The van der Waals surface area contributed by atoms with Gasteiger partial charge in [-0.2, -0.15) is 0 Å². The Morgan fingerprint density at radius 2 is 2.21 bits per heavy atom. The third-order valence-electron chi connectivity index (χ3n) is 2.66. The smallest absolute Gasteiger partial charge is 0.183 e. The third-order valence-corrected chi connectivity index (χ3v) is 3.46. The van der Waals surface area contributed by atoms with E-state index in [0.29, 0.717) is 6.42 Å². The second kappa shape index (κ2) is 6.99. The van der Waals surface area contributed by atoms with Crippen molar-refractivity contribution in [2.24, 2.45) is 0 Å². The average molecular weight is 275 g/mol. The van der Waals surface area contributed by atoms with Crippen LogP contribution in [0.15, 0.2) is 29.8 Å².